The minimum atomic E-state index is -3.84. The number of hydrogen-bond donors (Lipinski definition) is 2. The molecule has 1 aromatic rings. The van der Waals surface area contributed by atoms with Gasteiger partial charge in [0.1, 0.15) is 5.75 Å². The molecular weight excluding hydrogens is 232 g/mol. The fourth-order valence-corrected chi connectivity index (χ4v) is 2.15. The first kappa shape index (κ1) is 12.3. The number of methoxy groups -OCH3 is 1. The van der Waals surface area contributed by atoms with E-state index in [9.17, 15) is 13.2 Å². The number of hydrogen-bond acceptors (Lipinski definition) is 5. The lowest BCUT2D eigenvalue weighted by molar-refractivity contribution is -0.117. The molecule has 0 saturated carbocycles. The molecule has 0 spiro atoms. The number of amides is 1. The van der Waals surface area contributed by atoms with Crippen LogP contribution >= 0.6 is 0 Å². The van der Waals surface area contributed by atoms with Crippen LogP contribution in [0.3, 0.4) is 0 Å². The van der Waals surface area contributed by atoms with E-state index in [4.69, 9.17) is 10.5 Å². The third kappa shape index (κ3) is 2.63. The number of anilines is 1. The molecule has 0 atom stereocenters. The summed E-state index contributed by atoms with van der Waals surface area (Å²) in [5, 5.41) is 0. The average Bonchev–Trinajstić information content (AvgIpc) is 2.15. The van der Waals surface area contributed by atoms with Crippen molar-refractivity contribution in [3.05, 3.63) is 18.2 Å². The molecule has 1 amide bonds. The van der Waals surface area contributed by atoms with Crippen molar-refractivity contribution >= 4 is 21.6 Å². The molecule has 1 aromatic carbocycles. The molecule has 0 unspecified atom stereocenters. The highest BCUT2D eigenvalue weighted by molar-refractivity contribution is 7.90. The fourth-order valence-electron chi connectivity index (χ4n) is 1.13. The summed E-state index contributed by atoms with van der Waals surface area (Å²) >= 11 is 0. The van der Waals surface area contributed by atoms with E-state index < -0.39 is 15.9 Å². The summed E-state index contributed by atoms with van der Waals surface area (Å²) in [7, 11) is -2.42. The van der Waals surface area contributed by atoms with Gasteiger partial charge in [-0.3, -0.25) is 4.79 Å². The number of nitrogens with one attached hydrogen (secondary N) is 1. The molecular formula is C9H12N2O4S. The molecule has 1 rings (SSSR count). The van der Waals surface area contributed by atoms with Gasteiger partial charge < -0.3 is 10.5 Å². The SMILES string of the molecule is COc1ccc(S(=O)(=O)NC(C)=O)cc1N. The van der Waals surface area contributed by atoms with Gasteiger partial charge in [0.25, 0.3) is 10.0 Å². The van der Waals surface area contributed by atoms with Crippen LogP contribution in [0, 0.1) is 0 Å². The summed E-state index contributed by atoms with van der Waals surface area (Å²) in [6.07, 6.45) is 0. The maximum absolute atomic E-state index is 11.6. The summed E-state index contributed by atoms with van der Waals surface area (Å²) in [5.74, 6) is -0.281. The zero-order valence-electron chi connectivity index (χ0n) is 8.85. The van der Waals surface area contributed by atoms with Gasteiger partial charge in [-0.15, -0.1) is 0 Å². The molecule has 0 heterocycles. The number of sulfonamides is 1. The Morgan fingerprint density at radius 3 is 2.50 bits per heavy atom. The van der Waals surface area contributed by atoms with Crippen LogP contribution in [-0.4, -0.2) is 21.4 Å². The Hall–Kier alpha value is -1.76. The number of nitrogen functional groups attached to an aromatic ring is 1. The Kier molecular flexibility index (Phi) is 3.38. The van der Waals surface area contributed by atoms with E-state index in [-0.39, 0.29) is 10.6 Å². The maximum Gasteiger partial charge on any atom is 0.264 e. The van der Waals surface area contributed by atoms with E-state index in [2.05, 4.69) is 0 Å². The van der Waals surface area contributed by atoms with Crippen molar-refractivity contribution in [2.45, 2.75) is 11.8 Å². The van der Waals surface area contributed by atoms with Gasteiger partial charge >= 0.3 is 0 Å². The molecule has 88 valence electrons. The maximum atomic E-state index is 11.6. The van der Waals surface area contributed by atoms with Crippen molar-refractivity contribution in [1.29, 1.82) is 0 Å². The summed E-state index contributed by atoms with van der Waals surface area (Å²) in [6.45, 7) is 1.12. The second kappa shape index (κ2) is 4.40. The number of nitrogens with two attached hydrogens (primary N) is 1. The molecule has 0 saturated heterocycles. The number of ether oxygens (including phenoxy) is 1. The van der Waals surface area contributed by atoms with Gasteiger partial charge in [0.15, 0.2) is 0 Å². The third-order valence-electron chi connectivity index (χ3n) is 1.79. The van der Waals surface area contributed by atoms with Gasteiger partial charge in [-0.2, -0.15) is 0 Å². The van der Waals surface area contributed by atoms with Gasteiger partial charge in [0.05, 0.1) is 17.7 Å². The first-order chi connectivity index (χ1) is 7.36. The Labute approximate surface area is 93.5 Å². The van der Waals surface area contributed by atoms with Gasteiger partial charge in [-0.1, -0.05) is 0 Å². The highest BCUT2D eigenvalue weighted by Crippen LogP contribution is 2.24. The summed E-state index contributed by atoms with van der Waals surface area (Å²) in [4.78, 5) is 10.6. The Bertz CT molecular complexity index is 510. The van der Waals surface area contributed by atoms with E-state index in [1.165, 1.54) is 25.3 Å². The molecule has 0 radical (unpaired) electrons. The van der Waals surface area contributed by atoms with Crippen LogP contribution in [0.15, 0.2) is 23.1 Å². The van der Waals surface area contributed by atoms with Crippen LogP contribution in [0.25, 0.3) is 0 Å². The lowest BCUT2D eigenvalue weighted by Gasteiger charge is -2.08. The smallest absolute Gasteiger partial charge is 0.264 e. The molecule has 3 N–H and O–H groups in total. The monoisotopic (exact) mass is 244 g/mol. The highest BCUT2D eigenvalue weighted by Gasteiger charge is 2.16. The Morgan fingerprint density at radius 1 is 1.44 bits per heavy atom. The lowest BCUT2D eigenvalue weighted by Crippen LogP contribution is -2.28. The topological polar surface area (TPSA) is 98.5 Å². The number of carbonyl (C=O) groups is 1. The second-order valence-corrected chi connectivity index (χ2v) is 4.75. The molecule has 6 nitrogen and oxygen atoms in total. The molecule has 0 aliphatic heterocycles. The lowest BCUT2D eigenvalue weighted by atomic mass is 10.3. The van der Waals surface area contributed by atoms with Crippen molar-refractivity contribution in [3.8, 4) is 5.75 Å². The molecule has 0 aromatic heterocycles. The third-order valence-corrected chi connectivity index (χ3v) is 3.22. The first-order valence-corrected chi connectivity index (χ1v) is 5.82. The first-order valence-electron chi connectivity index (χ1n) is 4.33. The van der Waals surface area contributed by atoms with E-state index in [0.29, 0.717) is 5.75 Å². The van der Waals surface area contributed by atoms with Gasteiger partial charge in [-0.05, 0) is 18.2 Å². The minimum absolute atomic E-state index is 0.0824. The highest BCUT2D eigenvalue weighted by atomic mass is 32.2. The van der Waals surface area contributed by atoms with Crippen molar-refractivity contribution in [2.24, 2.45) is 0 Å². The Balaban J connectivity index is 3.15. The fraction of sp³-hybridized carbons (Fsp3) is 0.222. The van der Waals surface area contributed by atoms with Crippen LogP contribution < -0.4 is 15.2 Å². The van der Waals surface area contributed by atoms with Crippen LogP contribution in [0.2, 0.25) is 0 Å². The predicted molar refractivity (Wildman–Crippen MR) is 58.4 cm³/mol. The zero-order chi connectivity index (χ0) is 12.3. The molecule has 0 aliphatic rings. The quantitative estimate of drug-likeness (QED) is 0.735. The van der Waals surface area contributed by atoms with E-state index in [1.807, 2.05) is 4.72 Å². The van der Waals surface area contributed by atoms with Crippen LogP contribution in [0.4, 0.5) is 5.69 Å². The van der Waals surface area contributed by atoms with E-state index >= 15 is 0 Å². The van der Waals surface area contributed by atoms with Crippen molar-refractivity contribution < 1.29 is 17.9 Å². The number of benzene rings is 1. The minimum Gasteiger partial charge on any atom is -0.495 e. The summed E-state index contributed by atoms with van der Waals surface area (Å²) in [6, 6.07) is 3.95. The molecule has 0 aliphatic carbocycles. The Morgan fingerprint density at radius 2 is 2.06 bits per heavy atom. The van der Waals surface area contributed by atoms with Crippen molar-refractivity contribution in [2.75, 3.05) is 12.8 Å². The van der Waals surface area contributed by atoms with Crippen LogP contribution in [0.5, 0.6) is 5.75 Å². The van der Waals surface area contributed by atoms with Crippen LogP contribution in [0.1, 0.15) is 6.92 Å². The van der Waals surface area contributed by atoms with Crippen molar-refractivity contribution in [1.82, 2.24) is 4.72 Å². The second-order valence-electron chi connectivity index (χ2n) is 3.07. The molecule has 0 fully saturated rings. The van der Waals surface area contributed by atoms with E-state index in [0.717, 1.165) is 6.92 Å². The predicted octanol–water partition coefficient (Wildman–Crippen LogP) is 0.102. The molecule has 7 heteroatoms. The van der Waals surface area contributed by atoms with Crippen LogP contribution in [-0.2, 0) is 14.8 Å². The van der Waals surface area contributed by atoms with Gasteiger partial charge in [0.2, 0.25) is 5.91 Å². The zero-order valence-corrected chi connectivity index (χ0v) is 9.67. The number of rotatable bonds is 3. The molecule has 0 bridgehead atoms. The largest absolute Gasteiger partial charge is 0.495 e. The normalized spacial score (nSPS) is 10.9. The summed E-state index contributed by atoms with van der Waals surface area (Å²) in [5.41, 5.74) is 5.75. The summed E-state index contributed by atoms with van der Waals surface area (Å²) < 4.78 is 29.9. The number of carbonyl (C=O) groups excluding carboxylic acids is 1. The van der Waals surface area contributed by atoms with Crippen molar-refractivity contribution in [3.63, 3.8) is 0 Å². The standard InChI is InChI=1S/C9H12N2O4S/c1-6(12)11-16(13,14)7-3-4-9(15-2)8(10)5-7/h3-5H,10H2,1-2H3,(H,11,12). The van der Waals surface area contributed by atoms with E-state index in [1.54, 1.807) is 0 Å². The average molecular weight is 244 g/mol. The molecule has 16 heavy (non-hydrogen) atoms. The van der Waals surface area contributed by atoms with Gasteiger partial charge in [0, 0.05) is 6.92 Å². The van der Waals surface area contributed by atoms with Gasteiger partial charge in [-0.25, -0.2) is 13.1 Å².